The third kappa shape index (κ3) is 2.12. The quantitative estimate of drug-likeness (QED) is 0.727. The lowest BCUT2D eigenvalue weighted by molar-refractivity contribution is -0.119. The van der Waals surface area contributed by atoms with Crippen LogP contribution in [0.3, 0.4) is 0 Å². The monoisotopic (exact) mass is 205 g/mol. The highest BCUT2D eigenvalue weighted by molar-refractivity contribution is 5.73. The summed E-state index contributed by atoms with van der Waals surface area (Å²) in [6, 6.07) is 5.78. The van der Waals surface area contributed by atoms with Crippen molar-refractivity contribution in [1.82, 2.24) is 5.32 Å². The van der Waals surface area contributed by atoms with Crippen molar-refractivity contribution in [3.63, 3.8) is 0 Å². The van der Waals surface area contributed by atoms with Crippen molar-refractivity contribution in [3.8, 4) is 5.75 Å². The van der Waals surface area contributed by atoms with Gasteiger partial charge in [-0.15, -0.1) is 0 Å². The van der Waals surface area contributed by atoms with Gasteiger partial charge in [-0.1, -0.05) is 12.1 Å². The van der Waals surface area contributed by atoms with E-state index in [-0.39, 0.29) is 11.9 Å². The maximum absolute atomic E-state index is 10.9. The zero-order chi connectivity index (χ0) is 10.8. The predicted molar refractivity (Wildman–Crippen MR) is 57.7 cm³/mol. The summed E-state index contributed by atoms with van der Waals surface area (Å²) in [6.07, 6.45) is 2.62. The Hall–Kier alpha value is -1.51. The second-order valence-electron chi connectivity index (χ2n) is 4.06. The smallest absolute Gasteiger partial charge is 0.217 e. The van der Waals surface area contributed by atoms with Gasteiger partial charge >= 0.3 is 0 Å². The number of nitrogens with one attached hydrogen (secondary N) is 1. The van der Waals surface area contributed by atoms with Crippen LogP contribution >= 0.6 is 0 Å². The Balaban J connectivity index is 2.18. The molecular weight excluding hydrogens is 190 g/mol. The number of carbonyl (C=O) groups is 1. The molecule has 1 aromatic rings. The van der Waals surface area contributed by atoms with Gasteiger partial charge in [0, 0.05) is 13.0 Å². The number of phenols is 1. The average molecular weight is 205 g/mol. The van der Waals surface area contributed by atoms with Gasteiger partial charge < -0.3 is 10.4 Å². The van der Waals surface area contributed by atoms with Gasteiger partial charge in [-0.2, -0.15) is 0 Å². The van der Waals surface area contributed by atoms with Gasteiger partial charge in [0.05, 0.1) is 0 Å². The molecule has 1 amide bonds. The van der Waals surface area contributed by atoms with Crippen LogP contribution in [0, 0.1) is 0 Å². The number of amides is 1. The van der Waals surface area contributed by atoms with Gasteiger partial charge in [0.25, 0.3) is 0 Å². The number of benzene rings is 1. The molecule has 2 rings (SSSR count). The van der Waals surface area contributed by atoms with Crippen molar-refractivity contribution >= 4 is 5.91 Å². The zero-order valence-electron chi connectivity index (χ0n) is 8.79. The Bertz CT molecular complexity index is 387. The Kier molecular flexibility index (Phi) is 2.62. The Morgan fingerprint density at radius 1 is 1.53 bits per heavy atom. The van der Waals surface area contributed by atoms with E-state index >= 15 is 0 Å². The molecule has 1 aliphatic carbocycles. The van der Waals surface area contributed by atoms with Gasteiger partial charge in [-0.3, -0.25) is 4.79 Å². The maximum Gasteiger partial charge on any atom is 0.217 e. The normalized spacial score (nSPS) is 19.4. The van der Waals surface area contributed by atoms with Crippen LogP contribution in [0.4, 0.5) is 0 Å². The lowest BCUT2D eigenvalue weighted by Crippen LogP contribution is -2.37. The minimum atomic E-state index is -0.00105. The number of aryl methyl sites for hydroxylation is 1. The molecule has 1 aliphatic rings. The van der Waals surface area contributed by atoms with Crippen LogP contribution in [0.2, 0.25) is 0 Å². The van der Waals surface area contributed by atoms with Crippen molar-refractivity contribution in [1.29, 1.82) is 0 Å². The third-order valence-electron chi connectivity index (χ3n) is 2.87. The third-order valence-corrected chi connectivity index (χ3v) is 2.87. The van der Waals surface area contributed by atoms with Crippen LogP contribution < -0.4 is 5.32 Å². The van der Waals surface area contributed by atoms with E-state index in [2.05, 4.69) is 5.32 Å². The highest BCUT2D eigenvalue weighted by Gasteiger charge is 2.21. The van der Waals surface area contributed by atoms with E-state index in [1.807, 2.05) is 12.1 Å². The number of rotatable bonds is 1. The number of hydrogen-bond donors (Lipinski definition) is 2. The van der Waals surface area contributed by atoms with Gasteiger partial charge in [0.2, 0.25) is 5.91 Å². The molecule has 0 aliphatic heterocycles. The number of hydrogen-bond acceptors (Lipinski definition) is 2. The first kappa shape index (κ1) is 10.0. The summed E-state index contributed by atoms with van der Waals surface area (Å²) >= 11 is 0. The Morgan fingerprint density at radius 2 is 2.33 bits per heavy atom. The Morgan fingerprint density at radius 3 is 3.07 bits per heavy atom. The summed E-state index contributed by atoms with van der Waals surface area (Å²) in [5.74, 6) is 0.349. The van der Waals surface area contributed by atoms with Crippen molar-refractivity contribution in [2.24, 2.45) is 0 Å². The molecular formula is C12H15NO2. The van der Waals surface area contributed by atoms with Crippen molar-refractivity contribution in [2.45, 2.75) is 32.2 Å². The molecule has 0 aromatic heterocycles. The molecule has 0 spiro atoms. The lowest BCUT2D eigenvalue weighted by Gasteiger charge is -2.25. The van der Waals surface area contributed by atoms with E-state index in [0.29, 0.717) is 5.75 Å². The molecule has 0 heterocycles. The molecule has 80 valence electrons. The van der Waals surface area contributed by atoms with Gasteiger partial charge in [0.15, 0.2) is 0 Å². The minimum absolute atomic E-state index is 0.00105. The fourth-order valence-corrected chi connectivity index (χ4v) is 2.18. The van der Waals surface area contributed by atoms with Gasteiger partial charge in [0.1, 0.15) is 5.75 Å². The summed E-state index contributed by atoms with van der Waals surface area (Å²) < 4.78 is 0. The van der Waals surface area contributed by atoms with Crippen molar-refractivity contribution in [3.05, 3.63) is 29.3 Å². The van der Waals surface area contributed by atoms with Crippen molar-refractivity contribution < 1.29 is 9.90 Å². The Labute approximate surface area is 89.1 Å². The van der Waals surface area contributed by atoms with Gasteiger partial charge in [-0.25, -0.2) is 0 Å². The first-order chi connectivity index (χ1) is 7.16. The van der Waals surface area contributed by atoms with Crippen LogP contribution in [0.25, 0.3) is 0 Å². The SMILES string of the molecule is CC(=O)NC1CCc2cccc(O)c2C1. The highest BCUT2D eigenvalue weighted by Crippen LogP contribution is 2.28. The van der Waals surface area contributed by atoms with E-state index in [9.17, 15) is 9.90 Å². The largest absolute Gasteiger partial charge is 0.508 e. The summed E-state index contributed by atoms with van der Waals surface area (Å²) in [5.41, 5.74) is 2.19. The molecule has 3 nitrogen and oxygen atoms in total. The predicted octanol–water partition coefficient (Wildman–Crippen LogP) is 1.39. The summed E-state index contributed by atoms with van der Waals surface area (Å²) in [6.45, 7) is 1.53. The van der Waals surface area contributed by atoms with E-state index in [4.69, 9.17) is 0 Å². The molecule has 3 heteroatoms. The minimum Gasteiger partial charge on any atom is -0.508 e. The van der Waals surface area contributed by atoms with E-state index in [0.717, 1.165) is 24.8 Å². The number of carbonyl (C=O) groups excluding carboxylic acids is 1. The topological polar surface area (TPSA) is 49.3 Å². The van der Waals surface area contributed by atoms with Gasteiger partial charge in [-0.05, 0) is 36.5 Å². The fraction of sp³-hybridized carbons (Fsp3) is 0.417. The van der Waals surface area contributed by atoms with E-state index in [1.54, 1.807) is 6.07 Å². The summed E-state index contributed by atoms with van der Waals surface area (Å²) in [4.78, 5) is 10.9. The molecule has 0 fully saturated rings. The average Bonchev–Trinajstić information content (AvgIpc) is 2.18. The number of aromatic hydroxyl groups is 1. The summed E-state index contributed by atoms with van der Waals surface area (Å²) in [5, 5.41) is 12.6. The first-order valence-corrected chi connectivity index (χ1v) is 5.23. The van der Waals surface area contributed by atoms with E-state index in [1.165, 1.54) is 12.5 Å². The zero-order valence-corrected chi connectivity index (χ0v) is 8.79. The standard InChI is InChI=1S/C12H15NO2/c1-8(14)13-10-6-5-9-3-2-4-12(15)11(9)7-10/h2-4,10,15H,5-7H2,1H3,(H,13,14). The first-order valence-electron chi connectivity index (χ1n) is 5.23. The summed E-state index contributed by atoms with van der Waals surface area (Å²) in [7, 11) is 0. The van der Waals surface area contributed by atoms with Crippen LogP contribution in [-0.4, -0.2) is 17.1 Å². The molecule has 2 N–H and O–H groups in total. The molecule has 1 unspecified atom stereocenters. The molecule has 1 aromatic carbocycles. The second kappa shape index (κ2) is 3.93. The van der Waals surface area contributed by atoms with Crippen molar-refractivity contribution in [2.75, 3.05) is 0 Å². The number of fused-ring (bicyclic) bond motifs is 1. The highest BCUT2D eigenvalue weighted by atomic mass is 16.3. The van der Waals surface area contributed by atoms with E-state index < -0.39 is 0 Å². The van der Waals surface area contributed by atoms with Crippen LogP contribution in [0.15, 0.2) is 18.2 Å². The lowest BCUT2D eigenvalue weighted by atomic mass is 9.87. The molecule has 0 saturated carbocycles. The van der Waals surface area contributed by atoms with Crippen LogP contribution in [0.5, 0.6) is 5.75 Å². The molecule has 1 atom stereocenters. The van der Waals surface area contributed by atoms with Crippen LogP contribution in [-0.2, 0) is 17.6 Å². The molecule has 15 heavy (non-hydrogen) atoms. The fourth-order valence-electron chi connectivity index (χ4n) is 2.18. The maximum atomic E-state index is 10.9. The molecule has 0 saturated heterocycles. The molecule has 0 bridgehead atoms. The van der Waals surface area contributed by atoms with Crippen LogP contribution in [0.1, 0.15) is 24.5 Å². The molecule has 0 radical (unpaired) electrons. The second-order valence-corrected chi connectivity index (χ2v) is 4.06. The number of phenolic OH excluding ortho intramolecular Hbond substituents is 1.